The lowest BCUT2D eigenvalue weighted by atomic mass is 9.82. The van der Waals surface area contributed by atoms with Crippen molar-refractivity contribution in [3.05, 3.63) is 0 Å². The molecule has 1 spiro atoms. The highest BCUT2D eigenvalue weighted by atomic mass is 32.2. The number of hydrogen-bond acceptors (Lipinski definition) is 4. The number of carbonyl (C=O) groups excluding carboxylic acids is 1. The molecule has 3 aliphatic rings. The molecule has 3 aliphatic heterocycles. The second-order valence-electron chi connectivity index (χ2n) is 7.23. The highest BCUT2D eigenvalue weighted by Crippen LogP contribution is 2.34. The summed E-state index contributed by atoms with van der Waals surface area (Å²) >= 11 is 0. The van der Waals surface area contributed by atoms with Crippen LogP contribution in [-0.2, 0) is 14.5 Å². The lowest BCUT2D eigenvalue weighted by Gasteiger charge is -2.35. The molecule has 0 saturated carbocycles. The van der Waals surface area contributed by atoms with Crippen LogP contribution in [0.1, 0.15) is 45.4 Å². The molecule has 1 atom stereocenters. The standard InChI is InChI=1S/C15H27N3O2S/c1-14(4-2-8-16-12-14)13(19)18-21(20)10-6-15(7-11-21)5-3-9-17-15/h16-17H,2-12H2,1H3. The number of nitrogens with zero attached hydrogens (tertiary/aromatic N) is 1. The van der Waals surface area contributed by atoms with Gasteiger partial charge in [0.25, 0.3) is 5.91 Å². The zero-order chi connectivity index (χ0) is 15.0. The van der Waals surface area contributed by atoms with Crippen LogP contribution < -0.4 is 10.6 Å². The fourth-order valence-electron chi connectivity index (χ4n) is 3.82. The molecule has 0 radical (unpaired) electrons. The molecule has 1 unspecified atom stereocenters. The van der Waals surface area contributed by atoms with E-state index in [2.05, 4.69) is 15.0 Å². The summed E-state index contributed by atoms with van der Waals surface area (Å²) in [6.07, 6.45) is 6.03. The molecule has 3 heterocycles. The van der Waals surface area contributed by atoms with Crippen LogP contribution in [0.5, 0.6) is 0 Å². The van der Waals surface area contributed by atoms with Gasteiger partial charge in [-0.15, -0.1) is 0 Å². The maximum absolute atomic E-state index is 12.9. The van der Waals surface area contributed by atoms with E-state index in [-0.39, 0.29) is 11.4 Å². The quantitative estimate of drug-likeness (QED) is 0.765. The molecule has 120 valence electrons. The Morgan fingerprint density at radius 3 is 2.38 bits per heavy atom. The average Bonchev–Trinajstić information content (AvgIpc) is 2.92. The second kappa shape index (κ2) is 5.63. The molecular weight excluding hydrogens is 286 g/mol. The molecular formula is C15H27N3O2S. The van der Waals surface area contributed by atoms with E-state index in [0.717, 1.165) is 38.8 Å². The number of nitrogens with one attached hydrogen (secondary N) is 2. The molecule has 3 saturated heterocycles. The Hall–Kier alpha value is -0.460. The Bertz CT molecular complexity index is 509. The van der Waals surface area contributed by atoms with Gasteiger partial charge in [0, 0.05) is 23.6 Å². The van der Waals surface area contributed by atoms with E-state index < -0.39 is 15.1 Å². The normalized spacial score (nSPS) is 43.9. The lowest BCUT2D eigenvalue weighted by Crippen LogP contribution is -2.47. The van der Waals surface area contributed by atoms with Gasteiger partial charge < -0.3 is 10.6 Å². The first-order valence-electron chi connectivity index (χ1n) is 8.18. The van der Waals surface area contributed by atoms with Gasteiger partial charge in [-0.3, -0.25) is 4.79 Å². The summed E-state index contributed by atoms with van der Waals surface area (Å²) in [4.78, 5) is 12.5. The first-order chi connectivity index (χ1) is 9.96. The summed E-state index contributed by atoms with van der Waals surface area (Å²) in [5, 5.41) is 6.83. The highest BCUT2D eigenvalue weighted by Gasteiger charge is 2.40. The maximum atomic E-state index is 12.9. The first-order valence-corrected chi connectivity index (χ1v) is 10.0. The van der Waals surface area contributed by atoms with Gasteiger partial charge in [0.05, 0.1) is 15.1 Å². The van der Waals surface area contributed by atoms with E-state index in [1.807, 2.05) is 6.92 Å². The molecule has 0 bridgehead atoms. The van der Waals surface area contributed by atoms with E-state index in [1.54, 1.807) is 0 Å². The zero-order valence-corrected chi connectivity index (χ0v) is 13.8. The minimum atomic E-state index is -2.33. The van der Waals surface area contributed by atoms with Crippen molar-refractivity contribution in [3.8, 4) is 0 Å². The van der Waals surface area contributed by atoms with Crippen LogP contribution in [0.3, 0.4) is 0 Å². The molecule has 0 aromatic carbocycles. The van der Waals surface area contributed by atoms with Gasteiger partial charge in [0.2, 0.25) is 0 Å². The summed E-state index contributed by atoms with van der Waals surface area (Å²) in [5.74, 6) is 1.01. The highest BCUT2D eigenvalue weighted by molar-refractivity contribution is 7.93. The van der Waals surface area contributed by atoms with Crippen molar-refractivity contribution in [3.63, 3.8) is 0 Å². The second-order valence-corrected chi connectivity index (χ2v) is 9.77. The van der Waals surface area contributed by atoms with Crippen molar-refractivity contribution in [2.75, 3.05) is 31.1 Å². The third kappa shape index (κ3) is 3.17. The maximum Gasteiger partial charge on any atom is 0.260 e. The summed E-state index contributed by atoms with van der Waals surface area (Å²) in [6, 6.07) is 0. The van der Waals surface area contributed by atoms with Crippen molar-refractivity contribution < 1.29 is 9.00 Å². The summed E-state index contributed by atoms with van der Waals surface area (Å²) in [5.41, 5.74) is -0.265. The Morgan fingerprint density at radius 2 is 1.81 bits per heavy atom. The van der Waals surface area contributed by atoms with E-state index in [0.29, 0.717) is 18.1 Å². The van der Waals surface area contributed by atoms with Gasteiger partial charge in [-0.2, -0.15) is 4.36 Å². The van der Waals surface area contributed by atoms with Gasteiger partial charge in [0.15, 0.2) is 0 Å². The number of piperidine rings is 1. The topological polar surface area (TPSA) is 70.6 Å². The minimum Gasteiger partial charge on any atom is -0.316 e. The predicted molar refractivity (Wildman–Crippen MR) is 84.7 cm³/mol. The Morgan fingerprint density at radius 1 is 1.10 bits per heavy atom. The predicted octanol–water partition coefficient (Wildman–Crippen LogP) is 1.29. The van der Waals surface area contributed by atoms with Crippen LogP contribution in [0.25, 0.3) is 0 Å². The number of hydrogen-bond donors (Lipinski definition) is 2. The zero-order valence-electron chi connectivity index (χ0n) is 13.0. The van der Waals surface area contributed by atoms with Gasteiger partial charge in [-0.1, -0.05) is 0 Å². The van der Waals surface area contributed by atoms with E-state index in [1.165, 1.54) is 12.8 Å². The molecule has 3 rings (SSSR count). The number of carbonyl (C=O) groups is 1. The molecule has 1 amide bonds. The van der Waals surface area contributed by atoms with Crippen LogP contribution in [0, 0.1) is 5.41 Å². The SMILES string of the molecule is CC1(C(=O)N=S2(=O)CCC3(CCCN3)CC2)CCCNC1. The number of rotatable bonds is 1. The smallest absolute Gasteiger partial charge is 0.260 e. The monoisotopic (exact) mass is 313 g/mol. The first kappa shape index (κ1) is 15.4. The van der Waals surface area contributed by atoms with Crippen molar-refractivity contribution >= 4 is 15.6 Å². The third-order valence-corrected chi connectivity index (χ3v) is 7.68. The third-order valence-electron chi connectivity index (χ3n) is 5.49. The number of amides is 1. The van der Waals surface area contributed by atoms with Crippen LogP contribution in [0.4, 0.5) is 0 Å². The van der Waals surface area contributed by atoms with Gasteiger partial charge in [-0.25, -0.2) is 4.21 Å². The minimum absolute atomic E-state index is 0.143. The Kier molecular flexibility index (Phi) is 4.14. The van der Waals surface area contributed by atoms with E-state index in [9.17, 15) is 9.00 Å². The fraction of sp³-hybridized carbons (Fsp3) is 0.933. The van der Waals surface area contributed by atoms with Gasteiger partial charge in [0.1, 0.15) is 0 Å². The van der Waals surface area contributed by atoms with Crippen LogP contribution in [0.2, 0.25) is 0 Å². The molecule has 0 aromatic rings. The van der Waals surface area contributed by atoms with Crippen LogP contribution in [-0.4, -0.2) is 46.8 Å². The largest absolute Gasteiger partial charge is 0.316 e. The summed E-state index contributed by atoms with van der Waals surface area (Å²) < 4.78 is 17.1. The molecule has 2 N–H and O–H groups in total. The van der Waals surface area contributed by atoms with Gasteiger partial charge in [-0.05, 0) is 58.5 Å². The molecule has 0 aliphatic carbocycles. The molecule has 6 heteroatoms. The fourth-order valence-corrected chi connectivity index (χ4v) is 6.15. The van der Waals surface area contributed by atoms with E-state index in [4.69, 9.17) is 0 Å². The van der Waals surface area contributed by atoms with Crippen molar-refractivity contribution in [1.82, 2.24) is 10.6 Å². The van der Waals surface area contributed by atoms with E-state index >= 15 is 0 Å². The lowest BCUT2D eigenvalue weighted by molar-refractivity contribution is -0.127. The molecule has 3 fully saturated rings. The van der Waals surface area contributed by atoms with Crippen molar-refractivity contribution in [2.45, 2.75) is 51.0 Å². The molecule has 21 heavy (non-hydrogen) atoms. The van der Waals surface area contributed by atoms with Crippen molar-refractivity contribution in [2.24, 2.45) is 9.78 Å². The summed E-state index contributed by atoms with van der Waals surface area (Å²) in [7, 11) is -2.33. The average molecular weight is 313 g/mol. The molecule has 0 aromatic heterocycles. The molecule has 5 nitrogen and oxygen atoms in total. The van der Waals surface area contributed by atoms with Crippen molar-refractivity contribution in [1.29, 1.82) is 0 Å². The van der Waals surface area contributed by atoms with Gasteiger partial charge >= 0.3 is 0 Å². The Labute approximate surface area is 127 Å². The van der Waals surface area contributed by atoms with Crippen LogP contribution in [0.15, 0.2) is 4.36 Å². The summed E-state index contributed by atoms with van der Waals surface area (Å²) in [6.45, 7) is 4.65. The Balaban J connectivity index is 1.71. The van der Waals surface area contributed by atoms with Crippen LogP contribution >= 0.6 is 0 Å².